The molecule has 106 valence electrons. The van der Waals surface area contributed by atoms with E-state index < -0.39 is 11.9 Å². The number of pyridine rings is 1. The number of alkyl halides is 3. The molecule has 1 N–H and O–H groups in total. The molecule has 1 unspecified atom stereocenters. The van der Waals surface area contributed by atoms with Gasteiger partial charge in [0.15, 0.2) is 0 Å². The van der Waals surface area contributed by atoms with Gasteiger partial charge in [-0.1, -0.05) is 6.07 Å². The number of anilines is 1. The number of hydrogen-bond donors (Lipinski definition) is 1. The summed E-state index contributed by atoms with van der Waals surface area (Å²) in [7, 11) is 1.85. The van der Waals surface area contributed by atoms with Crippen molar-refractivity contribution in [2.75, 3.05) is 25.0 Å². The fourth-order valence-corrected chi connectivity index (χ4v) is 2.49. The molecule has 1 aliphatic heterocycles. The van der Waals surface area contributed by atoms with Gasteiger partial charge in [-0.15, -0.1) is 0 Å². The molecule has 1 aliphatic rings. The van der Waals surface area contributed by atoms with Crippen LogP contribution in [-0.4, -0.2) is 31.2 Å². The second-order valence-corrected chi connectivity index (χ2v) is 4.78. The summed E-state index contributed by atoms with van der Waals surface area (Å²) in [6, 6.07) is 4.31. The van der Waals surface area contributed by atoms with Crippen LogP contribution in [0.4, 0.5) is 19.0 Å². The first-order valence-corrected chi connectivity index (χ1v) is 6.48. The monoisotopic (exact) mass is 273 g/mol. The molecule has 1 aromatic heterocycles. The van der Waals surface area contributed by atoms with Gasteiger partial charge in [0.1, 0.15) is 11.5 Å². The Labute approximate surface area is 110 Å². The molecule has 0 aliphatic carbocycles. The highest BCUT2D eigenvalue weighted by Crippen LogP contribution is 2.30. The number of hydrogen-bond acceptors (Lipinski definition) is 3. The predicted molar refractivity (Wildman–Crippen MR) is 68.2 cm³/mol. The van der Waals surface area contributed by atoms with Gasteiger partial charge < -0.3 is 10.2 Å². The van der Waals surface area contributed by atoms with Gasteiger partial charge in [-0.2, -0.15) is 13.2 Å². The minimum atomic E-state index is -4.38. The zero-order valence-electron chi connectivity index (χ0n) is 10.9. The predicted octanol–water partition coefficient (Wildman–Crippen LogP) is 2.68. The molecule has 19 heavy (non-hydrogen) atoms. The number of aromatic nitrogens is 1. The molecule has 0 aromatic carbocycles. The van der Waals surface area contributed by atoms with Gasteiger partial charge in [0.05, 0.1) is 0 Å². The third-order valence-electron chi connectivity index (χ3n) is 3.39. The molecule has 3 nitrogen and oxygen atoms in total. The molecular weight excluding hydrogens is 255 g/mol. The number of nitrogens with one attached hydrogen (secondary N) is 1. The Balaban J connectivity index is 2.24. The molecule has 1 saturated heterocycles. The molecular formula is C13H18F3N3. The van der Waals surface area contributed by atoms with Gasteiger partial charge in [-0.3, -0.25) is 0 Å². The first kappa shape index (κ1) is 14.1. The third kappa shape index (κ3) is 3.37. The van der Waals surface area contributed by atoms with Crippen LogP contribution in [0.25, 0.3) is 0 Å². The van der Waals surface area contributed by atoms with Crippen LogP contribution in [0, 0.1) is 0 Å². The van der Waals surface area contributed by atoms with Crippen LogP contribution in [0.5, 0.6) is 0 Å². The summed E-state index contributed by atoms with van der Waals surface area (Å²) in [5.41, 5.74) is -0.821. The highest BCUT2D eigenvalue weighted by atomic mass is 19.4. The SMILES string of the molecule is CNCC1CCCCN1c1cccc(C(F)(F)F)n1. The summed E-state index contributed by atoms with van der Waals surface area (Å²) < 4.78 is 38.1. The highest BCUT2D eigenvalue weighted by Gasteiger charge is 2.33. The van der Waals surface area contributed by atoms with Crippen LogP contribution < -0.4 is 10.2 Å². The van der Waals surface area contributed by atoms with Gasteiger partial charge in [-0.05, 0) is 38.4 Å². The van der Waals surface area contributed by atoms with Crippen molar-refractivity contribution in [1.29, 1.82) is 0 Å². The van der Waals surface area contributed by atoms with E-state index in [0.717, 1.165) is 38.4 Å². The highest BCUT2D eigenvalue weighted by molar-refractivity contribution is 5.41. The maximum atomic E-state index is 12.7. The Bertz CT molecular complexity index is 418. The molecule has 0 bridgehead atoms. The quantitative estimate of drug-likeness (QED) is 0.917. The van der Waals surface area contributed by atoms with E-state index in [2.05, 4.69) is 10.3 Å². The molecule has 0 spiro atoms. The molecule has 1 aromatic rings. The first-order valence-electron chi connectivity index (χ1n) is 6.48. The van der Waals surface area contributed by atoms with Crippen molar-refractivity contribution < 1.29 is 13.2 Å². The average molecular weight is 273 g/mol. The van der Waals surface area contributed by atoms with E-state index in [9.17, 15) is 13.2 Å². The Kier molecular flexibility index (Phi) is 4.29. The van der Waals surface area contributed by atoms with Crippen LogP contribution in [0.1, 0.15) is 25.0 Å². The largest absolute Gasteiger partial charge is 0.433 e. The van der Waals surface area contributed by atoms with E-state index in [4.69, 9.17) is 0 Å². The number of rotatable bonds is 3. The van der Waals surface area contributed by atoms with Gasteiger partial charge in [0, 0.05) is 19.1 Å². The standard InChI is InChI=1S/C13H18F3N3/c1-17-9-10-5-2-3-8-19(10)12-7-4-6-11(18-12)13(14,15)16/h4,6-7,10,17H,2-3,5,8-9H2,1H3. The van der Waals surface area contributed by atoms with Crippen molar-refractivity contribution in [2.24, 2.45) is 0 Å². The topological polar surface area (TPSA) is 28.2 Å². The average Bonchev–Trinajstić information content (AvgIpc) is 2.39. The van der Waals surface area contributed by atoms with E-state index in [1.165, 1.54) is 6.07 Å². The molecule has 6 heteroatoms. The summed E-state index contributed by atoms with van der Waals surface area (Å²) in [4.78, 5) is 5.75. The molecule has 1 atom stereocenters. The van der Waals surface area contributed by atoms with Crippen LogP contribution in [0.2, 0.25) is 0 Å². The van der Waals surface area contributed by atoms with E-state index in [1.807, 2.05) is 11.9 Å². The Hall–Kier alpha value is -1.30. The summed E-state index contributed by atoms with van der Waals surface area (Å²) in [5.74, 6) is 0.426. The van der Waals surface area contributed by atoms with E-state index in [1.54, 1.807) is 6.07 Å². The van der Waals surface area contributed by atoms with Gasteiger partial charge in [0.25, 0.3) is 0 Å². The maximum Gasteiger partial charge on any atom is 0.433 e. The van der Waals surface area contributed by atoms with Crippen LogP contribution in [-0.2, 0) is 6.18 Å². The number of likely N-dealkylation sites (N-methyl/N-ethyl adjacent to an activating group) is 1. The normalized spacial score (nSPS) is 20.6. The van der Waals surface area contributed by atoms with E-state index in [-0.39, 0.29) is 6.04 Å². The Morgan fingerprint density at radius 3 is 2.84 bits per heavy atom. The Morgan fingerprint density at radius 1 is 1.37 bits per heavy atom. The van der Waals surface area contributed by atoms with Crippen LogP contribution >= 0.6 is 0 Å². The second-order valence-electron chi connectivity index (χ2n) is 4.78. The third-order valence-corrected chi connectivity index (χ3v) is 3.39. The van der Waals surface area contributed by atoms with Crippen LogP contribution in [0.3, 0.4) is 0 Å². The first-order chi connectivity index (χ1) is 9.02. The van der Waals surface area contributed by atoms with Crippen molar-refractivity contribution in [3.05, 3.63) is 23.9 Å². The summed E-state index contributed by atoms with van der Waals surface area (Å²) >= 11 is 0. The lowest BCUT2D eigenvalue weighted by Gasteiger charge is -2.36. The molecule has 2 heterocycles. The maximum absolute atomic E-state index is 12.7. The minimum Gasteiger partial charge on any atom is -0.352 e. The van der Waals surface area contributed by atoms with Crippen LogP contribution in [0.15, 0.2) is 18.2 Å². The molecule has 0 radical (unpaired) electrons. The van der Waals surface area contributed by atoms with E-state index >= 15 is 0 Å². The lowest BCUT2D eigenvalue weighted by Crippen LogP contribution is -2.45. The number of piperidine rings is 1. The molecule has 1 fully saturated rings. The minimum absolute atomic E-state index is 0.217. The molecule has 0 amide bonds. The fraction of sp³-hybridized carbons (Fsp3) is 0.615. The molecule has 0 saturated carbocycles. The van der Waals surface area contributed by atoms with Crippen molar-refractivity contribution >= 4 is 5.82 Å². The summed E-state index contributed by atoms with van der Waals surface area (Å²) in [6.45, 7) is 1.53. The number of halogens is 3. The zero-order valence-corrected chi connectivity index (χ0v) is 10.9. The smallest absolute Gasteiger partial charge is 0.352 e. The van der Waals surface area contributed by atoms with Crippen molar-refractivity contribution in [1.82, 2.24) is 10.3 Å². The van der Waals surface area contributed by atoms with Gasteiger partial charge in [-0.25, -0.2) is 4.98 Å². The zero-order chi connectivity index (χ0) is 13.9. The summed E-state index contributed by atoms with van der Waals surface area (Å²) in [6.07, 6.45) is -1.29. The summed E-state index contributed by atoms with van der Waals surface area (Å²) in [5, 5.41) is 3.09. The number of nitrogens with zero attached hydrogens (tertiary/aromatic N) is 2. The lowest BCUT2D eigenvalue weighted by molar-refractivity contribution is -0.141. The second kappa shape index (κ2) is 5.77. The Morgan fingerprint density at radius 2 is 2.16 bits per heavy atom. The molecule has 2 rings (SSSR count). The van der Waals surface area contributed by atoms with Crippen molar-refractivity contribution in [3.63, 3.8) is 0 Å². The fourth-order valence-electron chi connectivity index (χ4n) is 2.49. The van der Waals surface area contributed by atoms with Gasteiger partial charge in [0.2, 0.25) is 0 Å². The van der Waals surface area contributed by atoms with Gasteiger partial charge >= 0.3 is 6.18 Å². The lowest BCUT2D eigenvalue weighted by atomic mass is 10.0. The van der Waals surface area contributed by atoms with E-state index in [0.29, 0.717) is 5.82 Å². The van der Waals surface area contributed by atoms with Crippen molar-refractivity contribution in [3.8, 4) is 0 Å². The van der Waals surface area contributed by atoms with Crippen molar-refractivity contribution in [2.45, 2.75) is 31.5 Å².